The highest BCUT2D eigenvalue weighted by Crippen LogP contribution is 2.39. The Kier molecular flexibility index (Phi) is 4.14. The standard InChI is InChI=1S/C14H12Cl2N2.ClH/c15-10-1-3-13-9(7-10)5-6-18(13)14-4-2-11(16)8-12(14)17;/h1-4,7-8H,5-6,17H2;1H. The molecule has 0 fully saturated rings. The Labute approximate surface area is 128 Å². The van der Waals surface area contributed by atoms with E-state index in [1.807, 2.05) is 30.3 Å². The highest BCUT2D eigenvalue weighted by atomic mass is 35.5. The molecule has 1 aliphatic rings. The normalized spacial score (nSPS) is 13.1. The molecule has 2 nitrogen and oxygen atoms in total. The Hall–Kier alpha value is -1.09. The topological polar surface area (TPSA) is 29.3 Å². The molecule has 1 aliphatic heterocycles. The van der Waals surface area contributed by atoms with E-state index in [4.69, 9.17) is 28.9 Å². The number of anilines is 3. The van der Waals surface area contributed by atoms with Crippen molar-refractivity contribution in [2.45, 2.75) is 6.42 Å². The Balaban J connectivity index is 0.00000133. The fraction of sp³-hybridized carbons (Fsp3) is 0.143. The second-order valence-electron chi connectivity index (χ2n) is 4.38. The van der Waals surface area contributed by atoms with Gasteiger partial charge in [-0.15, -0.1) is 12.4 Å². The van der Waals surface area contributed by atoms with Crippen LogP contribution in [0.5, 0.6) is 0 Å². The Morgan fingerprint density at radius 3 is 2.26 bits per heavy atom. The molecule has 0 radical (unpaired) electrons. The summed E-state index contributed by atoms with van der Waals surface area (Å²) >= 11 is 11.9. The number of benzene rings is 2. The van der Waals surface area contributed by atoms with Crippen molar-refractivity contribution in [3.63, 3.8) is 0 Å². The van der Waals surface area contributed by atoms with Crippen LogP contribution < -0.4 is 10.6 Å². The van der Waals surface area contributed by atoms with Crippen LogP contribution in [0.2, 0.25) is 10.0 Å². The molecular formula is C14H13Cl3N2. The molecule has 0 spiro atoms. The van der Waals surface area contributed by atoms with E-state index < -0.39 is 0 Å². The van der Waals surface area contributed by atoms with E-state index in [1.54, 1.807) is 6.07 Å². The van der Waals surface area contributed by atoms with Gasteiger partial charge in [-0.2, -0.15) is 0 Å². The van der Waals surface area contributed by atoms with E-state index in [-0.39, 0.29) is 12.4 Å². The molecule has 5 heteroatoms. The van der Waals surface area contributed by atoms with E-state index >= 15 is 0 Å². The van der Waals surface area contributed by atoms with Crippen LogP contribution in [-0.2, 0) is 6.42 Å². The van der Waals surface area contributed by atoms with Gasteiger partial charge in [0.2, 0.25) is 0 Å². The number of nitrogens with zero attached hydrogens (tertiary/aromatic N) is 1. The predicted octanol–water partition coefficient (Wildman–Crippen LogP) is 4.69. The molecule has 1 heterocycles. The molecule has 2 aromatic rings. The molecule has 100 valence electrons. The van der Waals surface area contributed by atoms with Crippen molar-refractivity contribution < 1.29 is 0 Å². The van der Waals surface area contributed by atoms with E-state index in [1.165, 1.54) is 11.3 Å². The minimum absolute atomic E-state index is 0. The molecule has 0 aromatic heterocycles. The van der Waals surface area contributed by atoms with Gasteiger partial charge in [0.25, 0.3) is 0 Å². The summed E-state index contributed by atoms with van der Waals surface area (Å²) in [6.07, 6.45) is 0.984. The number of rotatable bonds is 1. The predicted molar refractivity (Wildman–Crippen MR) is 85.3 cm³/mol. The lowest BCUT2D eigenvalue weighted by molar-refractivity contribution is 1.000. The molecule has 0 saturated heterocycles. The average Bonchev–Trinajstić information content (AvgIpc) is 2.72. The smallest absolute Gasteiger partial charge is 0.0645 e. The van der Waals surface area contributed by atoms with Gasteiger partial charge >= 0.3 is 0 Å². The lowest BCUT2D eigenvalue weighted by Gasteiger charge is -2.21. The largest absolute Gasteiger partial charge is 0.397 e. The monoisotopic (exact) mass is 314 g/mol. The van der Waals surface area contributed by atoms with Crippen LogP contribution in [0.25, 0.3) is 0 Å². The Morgan fingerprint density at radius 1 is 0.947 bits per heavy atom. The number of fused-ring (bicyclic) bond motifs is 1. The summed E-state index contributed by atoms with van der Waals surface area (Å²) in [7, 11) is 0. The average molecular weight is 316 g/mol. The second kappa shape index (κ2) is 5.49. The van der Waals surface area contributed by atoms with Crippen molar-refractivity contribution in [1.29, 1.82) is 0 Å². The molecule has 2 aromatic carbocycles. The molecule has 0 aliphatic carbocycles. The molecule has 0 atom stereocenters. The summed E-state index contributed by atoms with van der Waals surface area (Å²) in [4.78, 5) is 2.21. The maximum atomic E-state index is 6.04. The SMILES string of the molecule is Cl.Nc1cc(Cl)ccc1N1CCc2cc(Cl)ccc21. The zero-order valence-corrected chi connectivity index (χ0v) is 12.4. The minimum atomic E-state index is 0. The summed E-state index contributed by atoms with van der Waals surface area (Å²) in [6.45, 7) is 0.918. The minimum Gasteiger partial charge on any atom is -0.397 e. The first kappa shape index (κ1) is 14.3. The summed E-state index contributed by atoms with van der Waals surface area (Å²) < 4.78 is 0. The van der Waals surface area contributed by atoms with E-state index in [0.717, 1.165) is 23.7 Å². The van der Waals surface area contributed by atoms with E-state index in [0.29, 0.717) is 10.7 Å². The summed E-state index contributed by atoms with van der Waals surface area (Å²) in [6, 6.07) is 11.6. The van der Waals surface area contributed by atoms with Crippen molar-refractivity contribution in [2.24, 2.45) is 0 Å². The number of nitrogen functional groups attached to an aromatic ring is 1. The molecule has 0 unspecified atom stereocenters. The fourth-order valence-electron chi connectivity index (χ4n) is 2.39. The molecule has 0 amide bonds. The molecule has 2 N–H and O–H groups in total. The first-order chi connectivity index (χ1) is 8.65. The van der Waals surface area contributed by atoms with Gasteiger partial charge in [0, 0.05) is 22.3 Å². The van der Waals surface area contributed by atoms with Crippen molar-refractivity contribution in [3.05, 3.63) is 52.0 Å². The highest BCUT2D eigenvalue weighted by Gasteiger charge is 2.21. The third kappa shape index (κ3) is 2.62. The number of halogens is 3. The molecule has 0 saturated carbocycles. The third-order valence-corrected chi connectivity index (χ3v) is 3.69. The fourth-order valence-corrected chi connectivity index (χ4v) is 2.77. The van der Waals surface area contributed by atoms with Crippen LogP contribution in [-0.4, -0.2) is 6.54 Å². The number of hydrogen-bond acceptors (Lipinski definition) is 2. The van der Waals surface area contributed by atoms with Gasteiger partial charge in [-0.1, -0.05) is 23.2 Å². The lowest BCUT2D eigenvalue weighted by atomic mass is 10.1. The lowest BCUT2D eigenvalue weighted by Crippen LogP contribution is -2.14. The maximum absolute atomic E-state index is 6.04. The molecule has 0 bridgehead atoms. The van der Waals surface area contributed by atoms with Gasteiger partial charge in [-0.3, -0.25) is 0 Å². The summed E-state index contributed by atoms with van der Waals surface area (Å²) in [5, 5.41) is 1.44. The molecule has 19 heavy (non-hydrogen) atoms. The van der Waals surface area contributed by atoms with Gasteiger partial charge in [0.15, 0.2) is 0 Å². The van der Waals surface area contributed by atoms with Gasteiger partial charge in [-0.05, 0) is 48.4 Å². The van der Waals surface area contributed by atoms with Gasteiger partial charge in [0.05, 0.1) is 11.4 Å². The van der Waals surface area contributed by atoms with Gasteiger partial charge in [0.1, 0.15) is 0 Å². The van der Waals surface area contributed by atoms with Gasteiger partial charge in [-0.25, -0.2) is 0 Å². The van der Waals surface area contributed by atoms with Crippen molar-refractivity contribution in [2.75, 3.05) is 17.2 Å². The number of hydrogen-bond donors (Lipinski definition) is 1. The molecule has 3 rings (SSSR count). The van der Waals surface area contributed by atoms with E-state index in [2.05, 4.69) is 4.90 Å². The summed E-state index contributed by atoms with van der Waals surface area (Å²) in [5.74, 6) is 0. The van der Waals surface area contributed by atoms with Gasteiger partial charge < -0.3 is 10.6 Å². The van der Waals surface area contributed by atoms with E-state index in [9.17, 15) is 0 Å². The number of nitrogens with two attached hydrogens (primary N) is 1. The quantitative estimate of drug-likeness (QED) is 0.773. The molecular weight excluding hydrogens is 303 g/mol. The second-order valence-corrected chi connectivity index (χ2v) is 5.25. The third-order valence-electron chi connectivity index (χ3n) is 3.22. The maximum Gasteiger partial charge on any atom is 0.0645 e. The van der Waals surface area contributed by atoms with Crippen molar-refractivity contribution in [3.8, 4) is 0 Å². The van der Waals surface area contributed by atoms with Crippen molar-refractivity contribution in [1.82, 2.24) is 0 Å². The highest BCUT2D eigenvalue weighted by molar-refractivity contribution is 6.31. The van der Waals surface area contributed by atoms with Crippen LogP contribution in [0.3, 0.4) is 0 Å². The Morgan fingerprint density at radius 2 is 1.58 bits per heavy atom. The van der Waals surface area contributed by atoms with Crippen LogP contribution in [0.4, 0.5) is 17.1 Å². The zero-order chi connectivity index (χ0) is 12.7. The van der Waals surface area contributed by atoms with Crippen molar-refractivity contribution >= 4 is 52.7 Å². The van der Waals surface area contributed by atoms with Crippen LogP contribution in [0, 0.1) is 0 Å². The van der Waals surface area contributed by atoms with Crippen LogP contribution in [0.1, 0.15) is 5.56 Å². The summed E-state index contributed by atoms with van der Waals surface area (Å²) in [5.41, 5.74) is 10.2. The van der Waals surface area contributed by atoms with Crippen LogP contribution in [0.15, 0.2) is 36.4 Å². The first-order valence-electron chi connectivity index (χ1n) is 5.76. The first-order valence-corrected chi connectivity index (χ1v) is 6.52. The zero-order valence-electron chi connectivity index (χ0n) is 10.1. The van der Waals surface area contributed by atoms with Crippen LogP contribution >= 0.6 is 35.6 Å². The Bertz CT molecular complexity index is 614.